The third-order valence-electron chi connectivity index (χ3n) is 8.03. The Morgan fingerprint density at radius 3 is 2.57 bits per heavy atom. The lowest BCUT2D eigenvalue weighted by Crippen LogP contribution is -2.34. The van der Waals surface area contributed by atoms with E-state index in [1.54, 1.807) is 82.5 Å². The lowest BCUT2D eigenvalue weighted by molar-refractivity contribution is -0.116. The molecule has 44 heavy (non-hydrogen) atoms. The van der Waals surface area contributed by atoms with E-state index in [0.29, 0.717) is 29.3 Å². The number of hydrogen-bond donors (Lipinski definition) is 2. The zero-order chi connectivity index (χ0) is 30.8. The summed E-state index contributed by atoms with van der Waals surface area (Å²) in [6.07, 6.45) is 9.09. The van der Waals surface area contributed by atoms with Crippen LogP contribution in [0.4, 0.5) is 20.2 Å². The lowest BCUT2D eigenvalue weighted by Gasteiger charge is -2.34. The number of nitrogens with zero attached hydrogens (tertiary/aromatic N) is 3. The van der Waals surface area contributed by atoms with Gasteiger partial charge in [-0.2, -0.15) is 0 Å². The summed E-state index contributed by atoms with van der Waals surface area (Å²) in [5.41, 5.74) is 1.53. The minimum absolute atomic E-state index is 0.0198. The predicted molar refractivity (Wildman–Crippen MR) is 164 cm³/mol. The first-order chi connectivity index (χ1) is 21.3. The number of rotatable bonds is 7. The van der Waals surface area contributed by atoms with Crippen molar-refractivity contribution in [3.05, 3.63) is 113 Å². The second-order valence-corrected chi connectivity index (χ2v) is 11.0. The summed E-state index contributed by atoms with van der Waals surface area (Å²) in [6, 6.07) is 14.7. The Kier molecular flexibility index (Phi) is 7.84. The maximum Gasteiger partial charge on any atom is 0.275 e. The number of aryl methyl sites for hydroxylation is 1. The van der Waals surface area contributed by atoms with Crippen molar-refractivity contribution < 1.29 is 23.2 Å². The second kappa shape index (κ2) is 11.9. The topological polar surface area (TPSA) is 96.3 Å². The van der Waals surface area contributed by atoms with Gasteiger partial charge in [-0.3, -0.25) is 9.59 Å². The molecule has 0 saturated heterocycles. The van der Waals surface area contributed by atoms with E-state index < -0.39 is 30.2 Å². The van der Waals surface area contributed by atoms with Crippen LogP contribution in [0.5, 0.6) is 0 Å². The predicted octanol–water partition coefficient (Wildman–Crippen LogP) is 5.41. The van der Waals surface area contributed by atoms with E-state index in [2.05, 4.69) is 21.6 Å². The number of nitrogens with one attached hydrogen (secondary N) is 2. The van der Waals surface area contributed by atoms with E-state index >= 15 is 8.78 Å². The van der Waals surface area contributed by atoms with Crippen molar-refractivity contribution in [2.24, 2.45) is 0 Å². The first kappa shape index (κ1) is 29.0. The molecular formula is C34H31F2N5O3. The van der Waals surface area contributed by atoms with E-state index in [1.807, 2.05) is 13.0 Å². The number of benzene rings is 2. The number of hydrogen-bond acceptors (Lipinski definition) is 5. The summed E-state index contributed by atoms with van der Waals surface area (Å²) in [7, 11) is 0. The minimum atomic E-state index is -3.32. The molecule has 224 valence electrons. The van der Waals surface area contributed by atoms with Gasteiger partial charge in [0.15, 0.2) is 0 Å². The van der Waals surface area contributed by atoms with Crippen LogP contribution in [0.2, 0.25) is 0 Å². The van der Waals surface area contributed by atoms with E-state index in [4.69, 9.17) is 0 Å². The lowest BCUT2D eigenvalue weighted by atomic mass is 9.89. The molecule has 2 N–H and O–H groups in total. The highest BCUT2D eigenvalue weighted by atomic mass is 19.3. The maximum atomic E-state index is 15.8. The second-order valence-electron chi connectivity index (χ2n) is 11.0. The molecule has 2 aliphatic carbocycles. The van der Waals surface area contributed by atoms with Gasteiger partial charge in [0.1, 0.15) is 17.8 Å². The Balaban J connectivity index is 1.46. The minimum Gasteiger partial charge on any atom is -0.350 e. The van der Waals surface area contributed by atoms with Crippen molar-refractivity contribution >= 4 is 34.7 Å². The molecule has 6 rings (SSSR count). The van der Waals surface area contributed by atoms with E-state index in [1.165, 1.54) is 0 Å². The summed E-state index contributed by atoms with van der Waals surface area (Å²) < 4.78 is 33.3. The molecule has 2 aromatic carbocycles. The van der Waals surface area contributed by atoms with Crippen LogP contribution >= 0.6 is 0 Å². The van der Waals surface area contributed by atoms with Gasteiger partial charge in [0.05, 0.1) is 11.3 Å². The SMILES string of the molecule is CCc1nccn1C1C(=C=O)C(N2CCC(F)(F)C(=CC(=O)NC3CC3)c3ccccc32)=CC=C1C(=O)Nc1ccccc1. The van der Waals surface area contributed by atoms with Crippen LogP contribution < -0.4 is 15.5 Å². The van der Waals surface area contributed by atoms with Gasteiger partial charge in [-0.1, -0.05) is 43.3 Å². The molecule has 0 spiro atoms. The van der Waals surface area contributed by atoms with Crippen LogP contribution in [-0.4, -0.2) is 45.8 Å². The number of allylic oxidation sites excluding steroid dienone is 4. The Labute approximate surface area is 253 Å². The van der Waals surface area contributed by atoms with Crippen molar-refractivity contribution in [1.29, 1.82) is 0 Å². The molecule has 1 atom stereocenters. The molecule has 1 fully saturated rings. The largest absolute Gasteiger partial charge is 0.350 e. The van der Waals surface area contributed by atoms with Gasteiger partial charge in [0, 0.05) is 72.0 Å². The first-order valence-corrected chi connectivity index (χ1v) is 14.6. The Hall–Kier alpha value is -5.08. The molecule has 1 unspecified atom stereocenters. The third kappa shape index (κ3) is 5.64. The van der Waals surface area contributed by atoms with Crippen molar-refractivity contribution in [1.82, 2.24) is 14.9 Å². The monoisotopic (exact) mass is 595 g/mol. The fourth-order valence-corrected chi connectivity index (χ4v) is 5.73. The van der Waals surface area contributed by atoms with Crippen molar-refractivity contribution in [3.8, 4) is 0 Å². The summed E-state index contributed by atoms with van der Waals surface area (Å²) in [4.78, 5) is 45.2. The normalized spacial score (nSPS) is 20.2. The molecule has 2 heterocycles. The van der Waals surface area contributed by atoms with Crippen LogP contribution in [-0.2, 0) is 20.8 Å². The quantitative estimate of drug-likeness (QED) is 0.281. The molecule has 0 radical (unpaired) electrons. The maximum absolute atomic E-state index is 15.8. The van der Waals surface area contributed by atoms with Gasteiger partial charge in [-0.05, 0) is 43.2 Å². The molecular weight excluding hydrogens is 564 g/mol. The van der Waals surface area contributed by atoms with Gasteiger partial charge >= 0.3 is 0 Å². The van der Waals surface area contributed by atoms with Gasteiger partial charge in [-0.15, -0.1) is 0 Å². The van der Waals surface area contributed by atoms with Crippen LogP contribution in [0.1, 0.15) is 43.6 Å². The van der Waals surface area contributed by atoms with Crippen molar-refractivity contribution in [2.75, 3.05) is 16.8 Å². The molecule has 1 aromatic heterocycles. The molecule has 2 amide bonds. The van der Waals surface area contributed by atoms with Gasteiger partial charge in [-0.25, -0.2) is 18.6 Å². The smallest absolute Gasteiger partial charge is 0.275 e. The molecule has 1 saturated carbocycles. The number of para-hydroxylation sites is 2. The van der Waals surface area contributed by atoms with Crippen LogP contribution in [0.15, 0.2) is 102 Å². The standard InChI is InChI=1S/C34H31F2N5O3/c1-2-30-37-17-19-41(30)32-25(33(44)39-22-8-4-3-5-9-22)14-15-29(26(32)21-42)40-18-16-34(35,36)27(20-31(43)38-23-12-13-23)24-10-6-7-11-28(24)40/h3-11,14-15,17,19-20,23,32H,2,12-13,16,18H2,1H3,(H,38,43)(H,39,44). The number of amides is 2. The Morgan fingerprint density at radius 2 is 1.84 bits per heavy atom. The molecule has 3 aliphatic rings. The van der Waals surface area contributed by atoms with Crippen molar-refractivity contribution in [2.45, 2.75) is 50.6 Å². The zero-order valence-electron chi connectivity index (χ0n) is 24.1. The van der Waals surface area contributed by atoms with E-state index in [9.17, 15) is 14.4 Å². The Bertz CT molecular complexity index is 1750. The number of carbonyl (C=O) groups is 2. The number of carbonyl (C=O) groups excluding carboxylic acids is 3. The van der Waals surface area contributed by atoms with Gasteiger partial charge in [0.25, 0.3) is 11.8 Å². The van der Waals surface area contributed by atoms with Gasteiger partial charge in [0.2, 0.25) is 5.91 Å². The summed E-state index contributed by atoms with van der Waals surface area (Å²) >= 11 is 0. The highest BCUT2D eigenvalue weighted by Gasteiger charge is 2.43. The van der Waals surface area contributed by atoms with Crippen molar-refractivity contribution in [3.63, 3.8) is 0 Å². The third-order valence-corrected chi connectivity index (χ3v) is 8.03. The summed E-state index contributed by atoms with van der Waals surface area (Å²) in [6.45, 7) is 1.76. The molecule has 10 heteroatoms. The van der Waals surface area contributed by atoms with Crippen LogP contribution in [0, 0.1) is 0 Å². The highest BCUT2D eigenvalue weighted by molar-refractivity contribution is 6.06. The first-order valence-electron chi connectivity index (χ1n) is 14.6. The molecule has 8 nitrogen and oxygen atoms in total. The fourth-order valence-electron chi connectivity index (χ4n) is 5.73. The number of fused-ring (bicyclic) bond motifs is 1. The number of anilines is 2. The van der Waals surface area contributed by atoms with E-state index in [0.717, 1.165) is 18.9 Å². The zero-order valence-corrected chi connectivity index (χ0v) is 24.1. The van der Waals surface area contributed by atoms with Gasteiger partial charge < -0.3 is 20.1 Å². The number of alkyl halides is 2. The fraction of sp³-hybridized carbons (Fsp3) is 0.265. The summed E-state index contributed by atoms with van der Waals surface area (Å²) in [5, 5.41) is 5.65. The van der Waals surface area contributed by atoms with Crippen LogP contribution in [0.25, 0.3) is 5.57 Å². The summed E-state index contributed by atoms with van der Waals surface area (Å²) in [5.74, 6) is -1.60. The molecule has 1 aliphatic heterocycles. The average molecular weight is 596 g/mol. The van der Waals surface area contributed by atoms with Crippen LogP contribution in [0.3, 0.4) is 0 Å². The molecule has 3 aromatic rings. The Morgan fingerprint density at radius 1 is 1.09 bits per heavy atom. The number of aromatic nitrogens is 2. The number of imidazole rings is 1. The average Bonchev–Trinajstić information content (AvgIpc) is 3.73. The highest BCUT2D eigenvalue weighted by Crippen LogP contribution is 2.46. The number of halogens is 2. The van der Waals surface area contributed by atoms with E-state index in [-0.39, 0.29) is 34.9 Å². The molecule has 0 bridgehead atoms.